The van der Waals surface area contributed by atoms with Gasteiger partial charge in [-0.3, -0.25) is 4.90 Å². The van der Waals surface area contributed by atoms with E-state index in [1.165, 1.54) is 37.8 Å². The lowest BCUT2D eigenvalue weighted by Gasteiger charge is -2.20. The molecule has 2 rings (SSSR count). The highest BCUT2D eigenvalue weighted by atomic mass is 19.1. The van der Waals surface area contributed by atoms with Crippen LogP contribution in [0.4, 0.5) is 4.39 Å². The third-order valence-corrected chi connectivity index (χ3v) is 4.10. The van der Waals surface area contributed by atoms with Crippen LogP contribution in [0.3, 0.4) is 0 Å². The normalized spacial score (nSPS) is 20.8. The van der Waals surface area contributed by atoms with Gasteiger partial charge < -0.3 is 0 Å². The molecule has 19 heavy (non-hydrogen) atoms. The number of hydrogen-bond donors (Lipinski definition) is 0. The maximum atomic E-state index is 13.3. The number of nitrogens with zero attached hydrogens (tertiary/aromatic N) is 2. The van der Waals surface area contributed by atoms with Gasteiger partial charge in [-0.1, -0.05) is 13.3 Å². The average molecular weight is 260 g/mol. The molecule has 0 saturated carbocycles. The van der Waals surface area contributed by atoms with Gasteiger partial charge in [0.1, 0.15) is 5.82 Å². The highest BCUT2D eigenvalue weighted by Gasteiger charge is 2.17. The summed E-state index contributed by atoms with van der Waals surface area (Å²) in [5.74, 6) is 0.572. The van der Waals surface area contributed by atoms with E-state index >= 15 is 0 Å². The molecular weight excluding hydrogens is 239 g/mol. The van der Waals surface area contributed by atoms with Crippen LogP contribution in [-0.2, 0) is 6.54 Å². The van der Waals surface area contributed by atoms with Crippen molar-refractivity contribution >= 4 is 0 Å². The Kier molecular flexibility index (Phi) is 4.93. The number of benzene rings is 1. The minimum Gasteiger partial charge on any atom is -0.299 e. The number of likely N-dealkylation sites (tertiary alicyclic amines) is 1. The fourth-order valence-electron chi connectivity index (χ4n) is 2.83. The van der Waals surface area contributed by atoms with Crippen LogP contribution in [0.15, 0.2) is 18.2 Å². The van der Waals surface area contributed by atoms with Crippen molar-refractivity contribution < 1.29 is 4.39 Å². The van der Waals surface area contributed by atoms with Gasteiger partial charge in [-0.25, -0.2) is 4.39 Å². The SMILES string of the molecule is CCC1CCCN(Cc2cc(F)ccc2C#N)CC1. The quantitative estimate of drug-likeness (QED) is 0.828. The minimum absolute atomic E-state index is 0.254. The molecule has 0 amide bonds. The zero-order valence-electron chi connectivity index (χ0n) is 11.5. The molecule has 3 heteroatoms. The first kappa shape index (κ1) is 14.0. The van der Waals surface area contributed by atoms with Crippen molar-refractivity contribution in [2.45, 2.75) is 39.2 Å². The van der Waals surface area contributed by atoms with E-state index in [0.717, 1.165) is 24.6 Å². The first-order valence-corrected chi connectivity index (χ1v) is 7.13. The van der Waals surface area contributed by atoms with Gasteiger partial charge in [-0.05, 0) is 62.0 Å². The van der Waals surface area contributed by atoms with Crippen LogP contribution in [0.25, 0.3) is 0 Å². The van der Waals surface area contributed by atoms with Crippen molar-refractivity contribution in [2.75, 3.05) is 13.1 Å². The number of nitriles is 1. The fourth-order valence-corrected chi connectivity index (χ4v) is 2.83. The summed E-state index contributed by atoms with van der Waals surface area (Å²) < 4.78 is 13.3. The van der Waals surface area contributed by atoms with Gasteiger partial charge in [0.15, 0.2) is 0 Å². The predicted octanol–water partition coefficient (Wildman–Crippen LogP) is 3.71. The Hall–Kier alpha value is -1.40. The number of hydrogen-bond acceptors (Lipinski definition) is 2. The smallest absolute Gasteiger partial charge is 0.123 e. The summed E-state index contributed by atoms with van der Waals surface area (Å²) in [5.41, 5.74) is 1.41. The van der Waals surface area contributed by atoms with Gasteiger partial charge in [0, 0.05) is 6.54 Å². The van der Waals surface area contributed by atoms with E-state index in [0.29, 0.717) is 12.1 Å². The topological polar surface area (TPSA) is 27.0 Å². The molecule has 0 radical (unpaired) electrons. The van der Waals surface area contributed by atoms with Gasteiger partial charge in [0.05, 0.1) is 11.6 Å². The summed E-state index contributed by atoms with van der Waals surface area (Å²) in [6, 6.07) is 6.59. The van der Waals surface area contributed by atoms with Gasteiger partial charge in [-0.2, -0.15) is 5.26 Å². The molecule has 102 valence electrons. The fraction of sp³-hybridized carbons (Fsp3) is 0.562. The summed E-state index contributed by atoms with van der Waals surface area (Å²) in [6.45, 7) is 5.05. The van der Waals surface area contributed by atoms with E-state index in [2.05, 4.69) is 17.9 Å². The molecular formula is C16H21FN2. The molecule has 1 unspecified atom stereocenters. The molecule has 1 fully saturated rings. The molecule has 1 atom stereocenters. The second-order valence-electron chi connectivity index (χ2n) is 5.39. The molecule has 0 spiro atoms. The Morgan fingerprint density at radius 2 is 2.21 bits per heavy atom. The maximum absolute atomic E-state index is 13.3. The van der Waals surface area contributed by atoms with Crippen molar-refractivity contribution in [1.82, 2.24) is 4.90 Å². The van der Waals surface area contributed by atoms with E-state index in [9.17, 15) is 4.39 Å². The largest absolute Gasteiger partial charge is 0.299 e. The third-order valence-electron chi connectivity index (χ3n) is 4.10. The molecule has 0 aliphatic carbocycles. The van der Waals surface area contributed by atoms with E-state index in [4.69, 9.17) is 5.26 Å². The Labute approximate surface area is 114 Å². The molecule has 0 bridgehead atoms. The second kappa shape index (κ2) is 6.68. The summed E-state index contributed by atoms with van der Waals surface area (Å²) >= 11 is 0. The molecule has 1 saturated heterocycles. The molecule has 1 aromatic rings. The van der Waals surface area contributed by atoms with Crippen LogP contribution in [0, 0.1) is 23.1 Å². The van der Waals surface area contributed by atoms with E-state index in [1.807, 2.05) is 0 Å². The van der Waals surface area contributed by atoms with Gasteiger partial charge in [0.25, 0.3) is 0 Å². The summed E-state index contributed by atoms with van der Waals surface area (Å²) in [7, 11) is 0. The predicted molar refractivity (Wildman–Crippen MR) is 74.0 cm³/mol. The highest BCUT2D eigenvalue weighted by molar-refractivity contribution is 5.37. The molecule has 1 aliphatic rings. The molecule has 0 N–H and O–H groups in total. The first-order chi connectivity index (χ1) is 9.22. The molecule has 1 heterocycles. The molecule has 1 aromatic carbocycles. The number of halogens is 1. The molecule has 0 aromatic heterocycles. The summed E-state index contributed by atoms with van der Waals surface area (Å²) in [4.78, 5) is 2.35. The lowest BCUT2D eigenvalue weighted by molar-refractivity contribution is 0.271. The van der Waals surface area contributed by atoms with Gasteiger partial charge in [0.2, 0.25) is 0 Å². The van der Waals surface area contributed by atoms with Gasteiger partial charge >= 0.3 is 0 Å². The van der Waals surface area contributed by atoms with E-state index < -0.39 is 0 Å². The lowest BCUT2D eigenvalue weighted by atomic mass is 9.98. The second-order valence-corrected chi connectivity index (χ2v) is 5.39. The first-order valence-electron chi connectivity index (χ1n) is 7.13. The zero-order valence-corrected chi connectivity index (χ0v) is 11.5. The van der Waals surface area contributed by atoms with Crippen LogP contribution in [0.2, 0.25) is 0 Å². The summed E-state index contributed by atoms with van der Waals surface area (Å²) in [5, 5.41) is 9.08. The van der Waals surface area contributed by atoms with E-state index in [-0.39, 0.29) is 5.82 Å². The number of rotatable bonds is 3. The molecule has 2 nitrogen and oxygen atoms in total. The van der Waals surface area contributed by atoms with Gasteiger partial charge in [-0.15, -0.1) is 0 Å². The van der Waals surface area contributed by atoms with Crippen molar-refractivity contribution in [3.63, 3.8) is 0 Å². The van der Waals surface area contributed by atoms with Crippen LogP contribution in [0.5, 0.6) is 0 Å². The van der Waals surface area contributed by atoms with E-state index in [1.54, 1.807) is 6.07 Å². The highest BCUT2D eigenvalue weighted by Crippen LogP contribution is 2.22. The Bertz CT molecular complexity index is 464. The monoisotopic (exact) mass is 260 g/mol. The minimum atomic E-state index is -0.254. The lowest BCUT2D eigenvalue weighted by Crippen LogP contribution is -2.24. The Morgan fingerprint density at radius 3 is 2.95 bits per heavy atom. The Balaban J connectivity index is 2.05. The van der Waals surface area contributed by atoms with Crippen LogP contribution in [-0.4, -0.2) is 18.0 Å². The van der Waals surface area contributed by atoms with Crippen LogP contribution in [0.1, 0.15) is 43.7 Å². The van der Waals surface area contributed by atoms with Crippen molar-refractivity contribution in [3.05, 3.63) is 35.1 Å². The third kappa shape index (κ3) is 3.78. The zero-order chi connectivity index (χ0) is 13.7. The van der Waals surface area contributed by atoms with Crippen LogP contribution >= 0.6 is 0 Å². The Morgan fingerprint density at radius 1 is 1.37 bits per heavy atom. The molecule has 1 aliphatic heterocycles. The van der Waals surface area contributed by atoms with Crippen molar-refractivity contribution in [2.24, 2.45) is 5.92 Å². The average Bonchev–Trinajstić information content (AvgIpc) is 2.64. The van der Waals surface area contributed by atoms with Crippen molar-refractivity contribution in [1.29, 1.82) is 5.26 Å². The van der Waals surface area contributed by atoms with Crippen molar-refractivity contribution in [3.8, 4) is 6.07 Å². The standard InChI is InChI=1S/C16H21FN2/c1-2-13-4-3-8-19(9-7-13)12-15-10-16(17)6-5-14(15)11-18/h5-6,10,13H,2-4,7-9,12H2,1H3. The maximum Gasteiger partial charge on any atom is 0.123 e. The summed E-state index contributed by atoms with van der Waals surface area (Å²) in [6.07, 6.45) is 4.96. The van der Waals surface area contributed by atoms with Crippen LogP contribution < -0.4 is 0 Å².